The molecule has 1 heterocycles. The first-order chi connectivity index (χ1) is 10.5. The van der Waals surface area contributed by atoms with Gasteiger partial charge in [-0.05, 0) is 12.1 Å². The van der Waals surface area contributed by atoms with Crippen molar-refractivity contribution in [1.29, 1.82) is 0 Å². The van der Waals surface area contributed by atoms with Crippen LogP contribution in [-0.4, -0.2) is 30.1 Å². The van der Waals surface area contributed by atoms with E-state index < -0.39 is 6.09 Å². The van der Waals surface area contributed by atoms with Gasteiger partial charge in [-0.25, -0.2) is 9.78 Å². The molecule has 1 aromatic carbocycles. The number of nitrogen functional groups attached to an aromatic ring is 2. The Kier molecular flexibility index (Phi) is 4.52. The van der Waals surface area contributed by atoms with Gasteiger partial charge >= 0.3 is 6.09 Å². The number of nitrogens with two attached hydrogens (primary N) is 2. The summed E-state index contributed by atoms with van der Waals surface area (Å²) in [4.78, 5) is 16.7. The van der Waals surface area contributed by atoms with E-state index in [1.807, 2.05) is 18.2 Å². The third-order valence-electron chi connectivity index (χ3n) is 2.62. The third kappa shape index (κ3) is 3.69. The molecule has 4 N–H and O–H groups in total. The second kappa shape index (κ2) is 6.53. The molecule has 0 aliphatic carbocycles. The average Bonchev–Trinajstić information content (AvgIpc) is 2.49. The van der Waals surface area contributed by atoms with Crippen LogP contribution in [0.3, 0.4) is 0 Å². The van der Waals surface area contributed by atoms with Crippen LogP contribution in [0.2, 0.25) is 0 Å². The average molecular weight is 300 g/mol. The van der Waals surface area contributed by atoms with E-state index in [1.165, 1.54) is 11.0 Å². The lowest BCUT2D eigenvalue weighted by atomic mass is 10.3. The molecule has 2 aromatic rings. The number of hydrogen-bond donors (Lipinski definition) is 2. The summed E-state index contributed by atoms with van der Waals surface area (Å²) in [5.74, 6) is 0.183. The first kappa shape index (κ1) is 15.2. The van der Waals surface area contributed by atoms with Crippen molar-refractivity contribution < 1.29 is 9.53 Å². The molecule has 1 amide bonds. The number of nitrogens with zero attached hydrogens (tertiary/aromatic N) is 4. The standard InChI is InChI=1S/C14H16N6O2/c1-20(2)14(21)22-11-8-10(12(15)17-13(11)16)19-18-9-6-4-3-5-7-9/h3-8H,1-2H3,(H4,15,16,17)/b19-18+. The quantitative estimate of drug-likeness (QED) is 0.844. The van der Waals surface area contributed by atoms with Gasteiger partial charge in [0.05, 0.1) is 5.69 Å². The molecular formula is C14H16N6O2. The molecule has 0 radical (unpaired) electrons. The fourth-order valence-corrected chi connectivity index (χ4v) is 1.47. The van der Waals surface area contributed by atoms with Crippen LogP contribution in [0.25, 0.3) is 0 Å². The van der Waals surface area contributed by atoms with Crippen molar-refractivity contribution in [2.45, 2.75) is 0 Å². The zero-order valence-corrected chi connectivity index (χ0v) is 12.2. The normalized spacial score (nSPS) is 10.6. The smallest absolute Gasteiger partial charge is 0.406 e. The molecule has 8 nitrogen and oxygen atoms in total. The van der Waals surface area contributed by atoms with Gasteiger partial charge in [-0.15, -0.1) is 5.11 Å². The van der Waals surface area contributed by atoms with Crippen LogP contribution >= 0.6 is 0 Å². The molecule has 22 heavy (non-hydrogen) atoms. The molecule has 0 fully saturated rings. The highest BCUT2D eigenvalue weighted by atomic mass is 16.6. The number of azo groups is 1. The van der Waals surface area contributed by atoms with Gasteiger partial charge < -0.3 is 21.1 Å². The van der Waals surface area contributed by atoms with E-state index in [4.69, 9.17) is 16.2 Å². The predicted octanol–water partition coefficient (Wildman–Crippen LogP) is 2.72. The number of benzene rings is 1. The van der Waals surface area contributed by atoms with Crippen molar-refractivity contribution in [3.8, 4) is 5.75 Å². The Morgan fingerprint density at radius 1 is 1.14 bits per heavy atom. The Morgan fingerprint density at radius 3 is 2.45 bits per heavy atom. The highest BCUT2D eigenvalue weighted by Crippen LogP contribution is 2.31. The zero-order valence-electron chi connectivity index (χ0n) is 12.2. The third-order valence-corrected chi connectivity index (χ3v) is 2.62. The van der Waals surface area contributed by atoms with Gasteiger partial charge in [-0.1, -0.05) is 18.2 Å². The molecule has 0 atom stereocenters. The van der Waals surface area contributed by atoms with Gasteiger partial charge in [-0.3, -0.25) is 0 Å². The summed E-state index contributed by atoms with van der Waals surface area (Å²) in [7, 11) is 3.11. The van der Waals surface area contributed by atoms with E-state index in [9.17, 15) is 4.79 Å². The zero-order chi connectivity index (χ0) is 16.1. The Bertz CT molecular complexity index is 700. The van der Waals surface area contributed by atoms with Gasteiger partial charge in [0, 0.05) is 20.2 Å². The second-order valence-corrected chi connectivity index (χ2v) is 4.57. The topological polar surface area (TPSA) is 119 Å². The molecule has 2 rings (SSSR count). The Hall–Kier alpha value is -3.16. The van der Waals surface area contributed by atoms with Crippen LogP contribution < -0.4 is 16.2 Å². The van der Waals surface area contributed by atoms with E-state index in [2.05, 4.69) is 15.2 Å². The fourth-order valence-electron chi connectivity index (χ4n) is 1.47. The lowest BCUT2D eigenvalue weighted by Crippen LogP contribution is -2.25. The minimum Gasteiger partial charge on any atom is -0.406 e. The molecule has 0 aliphatic heterocycles. The van der Waals surface area contributed by atoms with Gasteiger partial charge in [0.2, 0.25) is 0 Å². The van der Waals surface area contributed by atoms with Crippen LogP contribution in [-0.2, 0) is 0 Å². The number of aromatic nitrogens is 1. The van der Waals surface area contributed by atoms with Crippen LogP contribution in [0, 0.1) is 0 Å². The Labute approximate surface area is 127 Å². The number of amides is 1. The maximum absolute atomic E-state index is 11.6. The number of ether oxygens (including phenoxy) is 1. The van der Waals surface area contributed by atoms with Crippen LogP contribution in [0.4, 0.5) is 27.8 Å². The minimum atomic E-state index is -0.579. The van der Waals surface area contributed by atoms with Crippen molar-refractivity contribution in [1.82, 2.24) is 9.88 Å². The summed E-state index contributed by atoms with van der Waals surface area (Å²) in [6, 6.07) is 10.5. The predicted molar refractivity (Wildman–Crippen MR) is 83.4 cm³/mol. The van der Waals surface area contributed by atoms with Crippen molar-refractivity contribution in [3.63, 3.8) is 0 Å². The number of hydrogen-bond acceptors (Lipinski definition) is 7. The van der Waals surface area contributed by atoms with E-state index in [-0.39, 0.29) is 23.1 Å². The summed E-state index contributed by atoms with van der Waals surface area (Å²) in [6.07, 6.45) is -0.579. The summed E-state index contributed by atoms with van der Waals surface area (Å²) in [6.45, 7) is 0. The van der Waals surface area contributed by atoms with E-state index in [0.717, 1.165) is 0 Å². The molecule has 0 saturated carbocycles. The van der Waals surface area contributed by atoms with Gasteiger partial charge in [0.25, 0.3) is 0 Å². The molecule has 114 valence electrons. The molecule has 0 bridgehead atoms. The molecular weight excluding hydrogens is 284 g/mol. The summed E-state index contributed by atoms with van der Waals surface area (Å²) >= 11 is 0. The largest absolute Gasteiger partial charge is 0.414 e. The second-order valence-electron chi connectivity index (χ2n) is 4.57. The van der Waals surface area contributed by atoms with Crippen LogP contribution in [0.1, 0.15) is 0 Å². The lowest BCUT2D eigenvalue weighted by molar-refractivity contribution is 0.172. The SMILES string of the molecule is CN(C)C(=O)Oc1cc(/N=N/c2ccccc2)c(N)nc1N. The maximum atomic E-state index is 11.6. The summed E-state index contributed by atoms with van der Waals surface area (Å²) < 4.78 is 5.10. The minimum absolute atomic E-state index is 0.00589. The highest BCUT2D eigenvalue weighted by Gasteiger charge is 2.13. The number of rotatable bonds is 3. The van der Waals surface area contributed by atoms with Crippen LogP contribution in [0.15, 0.2) is 46.6 Å². The fraction of sp³-hybridized carbons (Fsp3) is 0.143. The van der Waals surface area contributed by atoms with E-state index in [0.29, 0.717) is 5.69 Å². The molecule has 1 aromatic heterocycles. The highest BCUT2D eigenvalue weighted by molar-refractivity contribution is 5.74. The maximum Gasteiger partial charge on any atom is 0.414 e. The number of carbonyl (C=O) groups is 1. The van der Waals surface area contributed by atoms with Crippen molar-refractivity contribution >= 4 is 29.1 Å². The molecule has 0 spiro atoms. The Balaban J connectivity index is 2.28. The Morgan fingerprint density at radius 2 is 1.82 bits per heavy atom. The van der Waals surface area contributed by atoms with Gasteiger partial charge in [0.15, 0.2) is 17.4 Å². The summed E-state index contributed by atoms with van der Waals surface area (Å²) in [5.41, 5.74) is 12.4. The van der Waals surface area contributed by atoms with Crippen LogP contribution in [0.5, 0.6) is 5.75 Å². The lowest BCUT2D eigenvalue weighted by Gasteiger charge is -2.12. The molecule has 0 saturated heterocycles. The van der Waals surface area contributed by atoms with Crippen molar-refractivity contribution in [2.24, 2.45) is 10.2 Å². The summed E-state index contributed by atoms with van der Waals surface area (Å²) in [5, 5.41) is 8.04. The number of anilines is 2. The number of pyridine rings is 1. The first-order valence-corrected chi connectivity index (χ1v) is 6.39. The molecule has 8 heteroatoms. The van der Waals surface area contributed by atoms with Crippen molar-refractivity contribution in [3.05, 3.63) is 36.4 Å². The number of carbonyl (C=O) groups excluding carboxylic acids is 1. The first-order valence-electron chi connectivity index (χ1n) is 6.39. The van der Waals surface area contributed by atoms with Crippen molar-refractivity contribution in [2.75, 3.05) is 25.6 Å². The van der Waals surface area contributed by atoms with E-state index in [1.54, 1.807) is 26.2 Å². The van der Waals surface area contributed by atoms with Gasteiger partial charge in [-0.2, -0.15) is 5.11 Å². The van der Waals surface area contributed by atoms with E-state index >= 15 is 0 Å². The molecule has 0 unspecified atom stereocenters. The molecule has 0 aliphatic rings. The monoisotopic (exact) mass is 300 g/mol. The van der Waals surface area contributed by atoms with Gasteiger partial charge in [0.1, 0.15) is 5.69 Å².